The van der Waals surface area contributed by atoms with Gasteiger partial charge < -0.3 is 9.84 Å². The molecule has 4 atom stereocenters. The van der Waals surface area contributed by atoms with Crippen LogP contribution in [0.5, 0.6) is 0 Å². The van der Waals surface area contributed by atoms with Gasteiger partial charge in [0.2, 0.25) is 0 Å². The third-order valence-corrected chi connectivity index (χ3v) is 4.80. The smallest absolute Gasteiger partial charge is 0.109 e. The Labute approximate surface area is 115 Å². The van der Waals surface area contributed by atoms with Crippen LogP contribution in [0, 0.1) is 11.8 Å². The fourth-order valence-electron chi connectivity index (χ4n) is 3.75. The Balaban J connectivity index is 1.79. The van der Waals surface area contributed by atoms with Crippen LogP contribution < -0.4 is 0 Å². The fourth-order valence-corrected chi connectivity index (χ4v) is 3.75. The largest absolute Gasteiger partial charge is 0.390 e. The van der Waals surface area contributed by atoms with Crippen molar-refractivity contribution < 1.29 is 9.84 Å². The summed E-state index contributed by atoms with van der Waals surface area (Å²) in [5.74, 6) is 1.15. The third-order valence-electron chi connectivity index (χ3n) is 4.80. The summed E-state index contributed by atoms with van der Waals surface area (Å²) in [6.07, 6.45) is 5.37. The van der Waals surface area contributed by atoms with E-state index >= 15 is 0 Å². The molecule has 2 aliphatic rings. The molecule has 1 fully saturated rings. The lowest BCUT2D eigenvalue weighted by atomic mass is 9.76. The van der Waals surface area contributed by atoms with Gasteiger partial charge in [0, 0.05) is 0 Å². The van der Waals surface area contributed by atoms with E-state index in [1.807, 2.05) is 0 Å². The molecule has 1 saturated carbocycles. The van der Waals surface area contributed by atoms with Crippen molar-refractivity contribution in [3.8, 4) is 0 Å². The second kappa shape index (κ2) is 5.64. The molecule has 4 unspecified atom stereocenters. The van der Waals surface area contributed by atoms with Gasteiger partial charge in [-0.25, -0.2) is 0 Å². The number of hydrogen-bond acceptors (Lipinski definition) is 2. The maximum absolute atomic E-state index is 10.7. The van der Waals surface area contributed by atoms with Crippen LogP contribution in [0.2, 0.25) is 0 Å². The lowest BCUT2D eigenvalue weighted by molar-refractivity contribution is -0.0797. The number of benzene rings is 1. The maximum Gasteiger partial charge on any atom is 0.109 e. The summed E-state index contributed by atoms with van der Waals surface area (Å²) in [5, 5.41) is 10.7. The summed E-state index contributed by atoms with van der Waals surface area (Å²) in [6, 6.07) is 8.42. The molecule has 1 aliphatic carbocycles. The number of aliphatic hydroxyl groups excluding tert-OH is 1. The van der Waals surface area contributed by atoms with Crippen LogP contribution >= 0.6 is 0 Å². The number of ether oxygens (including phenoxy) is 1. The molecule has 19 heavy (non-hydrogen) atoms. The van der Waals surface area contributed by atoms with Crippen LogP contribution in [-0.2, 0) is 11.2 Å². The van der Waals surface area contributed by atoms with E-state index < -0.39 is 0 Å². The highest BCUT2D eigenvalue weighted by molar-refractivity contribution is 5.31. The van der Waals surface area contributed by atoms with Gasteiger partial charge in [0.1, 0.15) is 6.10 Å². The van der Waals surface area contributed by atoms with E-state index in [0.717, 1.165) is 31.8 Å². The van der Waals surface area contributed by atoms with Crippen molar-refractivity contribution in [1.82, 2.24) is 0 Å². The first-order chi connectivity index (χ1) is 9.25. The minimum Gasteiger partial charge on any atom is -0.390 e. The molecule has 3 rings (SSSR count). The topological polar surface area (TPSA) is 29.5 Å². The molecule has 104 valence electrons. The zero-order chi connectivity index (χ0) is 13.2. The fraction of sp³-hybridized carbons (Fsp3) is 0.647. The van der Waals surface area contributed by atoms with Gasteiger partial charge in [-0.2, -0.15) is 0 Å². The summed E-state index contributed by atoms with van der Waals surface area (Å²) in [6.45, 7) is 3.04. The molecule has 1 N–H and O–H groups in total. The summed E-state index contributed by atoms with van der Waals surface area (Å²) in [7, 11) is 0. The van der Waals surface area contributed by atoms with Gasteiger partial charge in [0.25, 0.3) is 0 Å². The standard InChI is InChI=1S/C17H24O2/c1-12-5-4-7-14(11-12)16(18)17-15-8-3-2-6-13(15)9-10-19-17/h2-3,6,8,12,14,16-18H,4-5,7,9-11H2,1H3. The number of aliphatic hydroxyl groups is 1. The van der Waals surface area contributed by atoms with E-state index in [4.69, 9.17) is 4.74 Å². The summed E-state index contributed by atoms with van der Waals surface area (Å²) in [4.78, 5) is 0. The Bertz CT molecular complexity index is 429. The molecule has 1 aliphatic heterocycles. The van der Waals surface area contributed by atoms with E-state index in [1.54, 1.807) is 0 Å². The van der Waals surface area contributed by atoms with Crippen LogP contribution in [0.3, 0.4) is 0 Å². The number of rotatable bonds is 2. The molecule has 0 radical (unpaired) electrons. The predicted octanol–water partition coefficient (Wildman–Crippen LogP) is 3.49. The highest BCUT2D eigenvalue weighted by atomic mass is 16.5. The van der Waals surface area contributed by atoms with Crippen molar-refractivity contribution in [1.29, 1.82) is 0 Å². The van der Waals surface area contributed by atoms with Crippen molar-refractivity contribution in [3.05, 3.63) is 35.4 Å². The Morgan fingerprint density at radius 1 is 1.26 bits per heavy atom. The average Bonchev–Trinajstić information content (AvgIpc) is 2.46. The minimum atomic E-state index is -0.343. The van der Waals surface area contributed by atoms with Crippen molar-refractivity contribution in [2.75, 3.05) is 6.61 Å². The van der Waals surface area contributed by atoms with E-state index in [0.29, 0.717) is 5.92 Å². The highest BCUT2D eigenvalue weighted by Crippen LogP contribution is 2.38. The van der Waals surface area contributed by atoms with E-state index in [9.17, 15) is 5.11 Å². The first-order valence-electron chi connectivity index (χ1n) is 7.63. The van der Waals surface area contributed by atoms with Crippen LogP contribution in [0.25, 0.3) is 0 Å². The third kappa shape index (κ3) is 2.70. The van der Waals surface area contributed by atoms with Crippen molar-refractivity contribution >= 4 is 0 Å². The molecule has 0 saturated heterocycles. The second-order valence-electron chi connectivity index (χ2n) is 6.26. The van der Waals surface area contributed by atoms with Gasteiger partial charge in [0.05, 0.1) is 12.7 Å². The molecular formula is C17H24O2. The van der Waals surface area contributed by atoms with Crippen molar-refractivity contribution in [2.45, 2.75) is 51.2 Å². The monoisotopic (exact) mass is 260 g/mol. The van der Waals surface area contributed by atoms with Gasteiger partial charge in [-0.3, -0.25) is 0 Å². The second-order valence-corrected chi connectivity index (χ2v) is 6.26. The molecule has 2 nitrogen and oxygen atoms in total. The Hall–Kier alpha value is -0.860. The molecule has 0 aromatic heterocycles. The lowest BCUT2D eigenvalue weighted by Gasteiger charge is -2.37. The van der Waals surface area contributed by atoms with E-state index in [-0.39, 0.29) is 12.2 Å². The van der Waals surface area contributed by atoms with Crippen LogP contribution in [0.15, 0.2) is 24.3 Å². The Morgan fingerprint density at radius 3 is 2.95 bits per heavy atom. The SMILES string of the molecule is CC1CCCC(C(O)C2OCCc3ccccc32)C1. The van der Waals surface area contributed by atoms with Crippen molar-refractivity contribution in [2.24, 2.45) is 11.8 Å². The molecule has 0 amide bonds. The molecule has 1 aromatic rings. The molecule has 0 spiro atoms. The predicted molar refractivity (Wildman–Crippen MR) is 76.0 cm³/mol. The minimum absolute atomic E-state index is 0.111. The molecule has 1 aromatic carbocycles. The summed E-state index contributed by atoms with van der Waals surface area (Å²) >= 11 is 0. The van der Waals surface area contributed by atoms with Gasteiger partial charge >= 0.3 is 0 Å². The number of fused-ring (bicyclic) bond motifs is 1. The van der Waals surface area contributed by atoms with Gasteiger partial charge in [0.15, 0.2) is 0 Å². The molecule has 0 bridgehead atoms. The van der Waals surface area contributed by atoms with Crippen LogP contribution in [-0.4, -0.2) is 17.8 Å². The van der Waals surface area contributed by atoms with Crippen LogP contribution in [0.4, 0.5) is 0 Å². The zero-order valence-electron chi connectivity index (χ0n) is 11.7. The molecule has 1 heterocycles. The summed E-state index contributed by atoms with van der Waals surface area (Å²) in [5.41, 5.74) is 2.56. The normalized spacial score (nSPS) is 32.6. The molecular weight excluding hydrogens is 236 g/mol. The summed E-state index contributed by atoms with van der Waals surface area (Å²) < 4.78 is 5.90. The first kappa shape index (κ1) is 13.1. The van der Waals surface area contributed by atoms with Crippen LogP contribution in [0.1, 0.15) is 49.8 Å². The average molecular weight is 260 g/mol. The highest BCUT2D eigenvalue weighted by Gasteiger charge is 2.34. The van der Waals surface area contributed by atoms with E-state index in [1.165, 1.54) is 24.0 Å². The molecule has 2 heteroatoms. The first-order valence-corrected chi connectivity index (χ1v) is 7.63. The van der Waals surface area contributed by atoms with Crippen molar-refractivity contribution in [3.63, 3.8) is 0 Å². The Morgan fingerprint density at radius 2 is 2.11 bits per heavy atom. The van der Waals surface area contributed by atoms with E-state index in [2.05, 4.69) is 31.2 Å². The lowest BCUT2D eigenvalue weighted by Crippen LogP contribution is -2.35. The Kier molecular flexibility index (Phi) is 3.90. The van der Waals surface area contributed by atoms with Gasteiger partial charge in [-0.15, -0.1) is 0 Å². The number of hydrogen-bond donors (Lipinski definition) is 1. The quantitative estimate of drug-likeness (QED) is 0.882. The van der Waals surface area contributed by atoms with Gasteiger partial charge in [-0.05, 0) is 42.2 Å². The maximum atomic E-state index is 10.7. The van der Waals surface area contributed by atoms with Gasteiger partial charge in [-0.1, -0.05) is 44.0 Å². The zero-order valence-corrected chi connectivity index (χ0v) is 11.7.